The smallest absolute Gasteiger partial charge is 0.254 e. The van der Waals surface area contributed by atoms with Gasteiger partial charge < -0.3 is 15.3 Å². The van der Waals surface area contributed by atoms with Crippen molar-refractivity contribution < 1.29 is 9.90 Å². The van der Waals surface area contributed by atoms with E-state index in [9.17, 15) is 9.90 Å². The fourth-order valence-corrected chi connectivity index (χ4v) is 3.96. The zero-order valence-electron chi connectivity index (χ0n) is 14.3. The van der Waals surface area contributed by atoms with E-state index in [0.717, 1.165) is 37.9 Å². The quantitative estimate of drug-likeness (QED) is 0.906. The van der Waals surface area contributed by atoms with E-state index in [2.05, 4.69) is 29.6 Å². The second-order valence-corrected chi connectivity index (χ2v) is 7.15. The highest BCUT2D eigenvalue weighted by molar-refractivity contribution is 5.95. The first-order valence-electron chi connectivity index (χ1n) is 9.10. The van der Waals surface area contributed by atoms with Gasteiger partial charge in [-0.15, -0.1) is 0 Å². The lowest BCUT2D eigenvalue weighted by molar-refractivity contribution is 0.0474. The number of carbonyl (C=O) groups excluding carboxylic acids is 1. The molecule has 130 valence electrons. The van der Waals surface area contributed by atoms with Crippen molar-refractivity contribution in [3.05, 3.63) is 65.2 Å². The SMILES string of the molecule is O=C(c1cccc(NC2Cc3ccccc3C2)c1)N1CCC[C@@H](O)C1. The molecule has 2 aromatic carbocycles. The van der Waals surface area contributed by atoms with Gasteiger partial charge in [0.15, 0.2) is 0 Å². The zero-order chi connectivity index (χ0) is 17.2. The van der Waals surface area contributed by atoms with Crippen molar-refractivity contribution in [1.29, 1.82) is 0 Å². The van der Waals surface area contributed by atoms with Gasteiger partial charge in [-0.1, -0.05) is 30.3 Å². The summed E-state index contributed by atoms with van der Waals surface area (Å²) in [7, 11) is 0. The number of likely N-dealkylation sites (tertiary alicyclic amines) is 1. The molecule has 4 heteroatoms. The van der Waals surface area contributed by atoms with Crippen molar-refractivity contribution in [3.8, 4) is 0 Å². The van der Waals surface area contributed by atoms with Crippen molar-refractivity contribution in [1.82, 2.24) is 4.90 Å². The predicted octanol–water partition coefficient (Wildman–Crippen LogP) is 2.86. The lowest BCUT2D eigenvalue weighted by atomic mass is 10.1. The van der Waals surface area contributed by atoms with E-state index in [-0.39, 0.29) is 5.91 Å². The molecule has 1 fully saturated rings. The molecule has 4 rings (SSSR count). The highest BCUT2D eigenvalue weighted by Crippen LogP contribution is 2.25. The molecule has 0 saturated carbocycles. The summed E-state index contributed by atoms with van der Waals surface area (Å²) < 4.78 is 0. The van der Waals surface area contributed by atoms with Gasteiger partial charge in [0, 0.05) is 30.4 Å². The van der Waals surface area contributed by atoms with Crippen LogP contribution in [0.15, 0.2) is 48.5 Å². The fraction of sp³-hybridized carbons (Fsp3) is 0.381. The van der Waals surface area contributed by atoms with Crippen LogP contribution in [0.25, 0.3) is 0 Å². The van der Waals surface area contributed by atoms with Crippen LogP contribution in [0.4, 0.5) is 5.69 Å². The highest BCUT2D eigenvalue weighted by atomic mass is 16.3. The average Bonchev–Trinajstić information content (AvgIpc) is 3.03. The molecule has 1 saturated heterocycles. The Kier molecular flexibility index (Phi) is 4.45. The van der Waals surface area contributed by atoms with Gasteiger partial charge in [0.25, 0.3) is 5.91 Å². The molecule has 0 spiro atoms. The summed E-state index contributed by atoms with van der Waals surface area (Å²) in [6.07, 6.45) is 3.30. The summed E-state index contributed by atoms with van der Waals surface area (Å²) in [6, 6.07) is 16.7. The van der Waals surface area contributed by atoms with Gasteiger partial charge in [-0.2, -0.15) is 0 Å². The first-order chi connectivity index (χ1) is 12.2. The molecule has 2 aromatic rings. The van der Waals surface area contributed by atoms with Crippen LogP contribution in [0, 0.1) is 0 Å². The van der Waals surface area contributed by atoms with Crippen LogP contribution in [0.2, 0.25) is 0 Å². The number of piperidine rings is 1. The Morgan fingerprint density at radius 1 is 1.08 bits per heavy atom. The van der Waals surface area contributed by atoms with Crippen LogP contribution in [0.3, 0.4) is 0 Å². The largest absolute Gasteiger partial charge is 0.391 e. The van der Waals surface area contributed by atoms with Crippen molar-refractivity contribution in [2.24, 2.45) is 0 Å². The molecule has 25 heavy (non-hydrogen) atoms. The molecule has 2 aliphatic rings. The molecule has 1 aliphatic heterocycles. The number of hydrogen-bond donors (Lipinski definition) is 2. The van der Waals surface area contributed by atoms with E-state index in [1.165, 1.54) is 11.1 Å². The van der Waals surface area contributed by atoms with E-state index >= 15 is 0 Å². The average molecular weight is 336 g/mol. The number of anilines is 1. The van der Waals surface area contributed by atoms with E-state index < -0.39 is 6.10 Å². The number of carbonyl (C=O) groups is 1. The lowest BCUT2D eigenvalue weighted by Gasteiger charge is -2.30. The molecule has 0 unspecified atom stereocenters. The minimum atomic E-state index is -0.393. The number of fused-ring (bicyclic) bond motifs is 1. The summed E-state index contributed by atoms with van der Waals surface area (Å²) in [5.41, 5.74) is 4.50. The molecule has 2 N–H and O–H groups in total. The van der Waals surface area contributed by atoms with Gasteiger partial charge >= 0.3 is 0 Å². The third-order valence-corrected chi connectivity index (χ3v) is 5.22. The monoisotopic (exact) mass is 336 g/mol. The third-order valence-electron chi connectivity index (χ3n) is 5.22. The second kappa shape index (κ2) is 6.89. The predicted molar refractivity (Wildman–Crippen MR) is 98.8 cm³/mol. The summed E-state index contributed by atoms with van der Waals surface area (Å²) in [5.74, 6) is 0.0112. The molecule has 0 radical (unpaired) electrons. The number of aliphatic hydroxyl groups excluding tert-OH is 1. The summed E-state index contributed by atoms with van der Waals surface area (Å²) in [4.78, 5) is 14.5. The molecule has 1 atom stereocenters. The molecular formula is C21H24N2O2. The first-order valence-corrected chi connectivity index (χ1v) is 9.10. The van der Waals surface area contributed by atoms with E-state index in [1.807, 2.05) is 24.3 Å². The Hall–Kier alpha value is -2.33. The van der Waals surface area contributed by atoms with Crippen molar-refractivity contribution in [2.45, 2.75) is 37.8 Å². The minimum absolute atomic E-state index is 0.0112. The molecule has 0 bridgehead atoms. The lowest BCUT2D eigenvalue weighted by Crippen LogP contribution is -2.42. The summed E-state index contributed by atoms with van der Waals surface area (Å²) >= 11 is 0. The Morgan fingerprint density at radius 2 is 1.84 bits per heavy atom. The van der Waals surface area contributed by atoms with E-state index in [0.29, 0.717) is 18.2 Å². The van der Waals surface area contributed by atoms with Crippen molar-refractivity contribution in [3.63, 3.8) is 0 Å². The maximum absolute atomic E-state index is 12.7. The second-order valence-electron chi connectivity index (χ2n) is 7.15. The van der Waals surface area contributed by atoms with Gasteiger partial charge in [-0.05, 0) is 55.0 Å². The van der Waals surface area contributed by atoms with Crippen LogP contribution >= 0.6 is 0 Å². The maximum atomic E-state index is 12.7. The number of benzene rings is 2. The normalized spacial score (nSPS) is 20.4. The number of β-amino-alcohol motifs (C(OH)–C–C–N with tert-alkyl or cyclic N) is 1. The molecule has 1 aliphatic carbocycles. The molecule has 4 nitrogen and oxygen atoms in total. The number of hydrogen-bond acceptors (Lipinski definition) is 3. The summed E-state index contributed by atoms with van der Waals surface area (Å²) in [6.45, 7) is 1.17. The number of aliphatic hydroxyl groups is 1. The number of rotatable bonds is 3. The minimum Gasteiger partial charge on any atom is -0.391 e. The highest BCUT2D eigenvalue weighted by Gasteiger charge is 2.24. The topological polar surface area (TPSA) is 52.6 Å². The van der Waals surface area contributed by atoms with Gasteiger partial charge in [0.1, 0.15) is 0 Å². The van der Waals surface area contributed by atoms with Crippen LogP contribution in [0.1, 0.15) is 34.3 Å². The molecule has 0 aromatic heterocycles. The molecular weight excluding hydrogens is 312 g/mol. The van der Waals surface area contributed by atoms with E-state index in [4.69, 9.17) is 0 Å². The van der Waals surface area contributed by atoms with Crippen molar-refractivity contribution in [2.75, 3.05) is 18.4 Å². The number of nitrogens with zero attached hydrogens (tertiary/aromatic N) is 1. The Morgan fingerprint density at radius 3 is 2.56 bits per heavy atom. The van der Waals surface area contributed by atoms with Crippen LogP contribution < -0.4 is 5.32 Å². The molecule has 1 amide bonds. The van der Waals surface area contributed by atoms with Crippen molar-refractivity contribution >= 4 is 11.6 Å². The van der Waals surface area contributed by atoms with Gasteiger partial charge in [0.05, 0.1) is 6.10 Å². The maximum Gasteiger partial charge on any atom is 0.254 e. The zero-order valence-corrected chi connectivity index (χ0v) is 14.3. The van der Waals surface area contributed by atoms with Gasteiger partial charge in [0.2, 0.25) is 0 Å². The van der Waals surface area contributed by atoms with Gasteiger partial charge in [-0.3, -0.25) is 4.79 Å². The first kappa shape index (κ1) is 16.2. The fourth-order valence-electron chi connectivity index (χ4n) is 3.96. The van der Waals surface area contributed by atoms with Gasteiger partial charge in [-0.25, -0.2) is 0 Å². The Balaban J connectivity index is 1.44. The number of nitrogens with one attached hydrogen (secondary N) is 1. The number of amides is 1. The van der Waals surface area contributed by atoms with Crippen LogP contribution in [-0.4, -0.2) is 41.1 Å². The summed E-state index contributed by atoms with van der Waals surface area (Å²) in [5, 5.41) is 13.4. The van der Waals surface area contributed by atoms with Crippen LogP contribution in [0.5, 0.6) is 0 Å². The third kappa shape index (κ3) is 3.54. The molecule has 1 heterocycles. The van der Waals surface area contributed by atoms with E-state index in [1.54, 1.807) is 4.90 Å². The standard InChI is InChI=1S/C21H24N2O2/c24-20-9-4-10-23(14-20)21(25)17-7-3-8-18(13-17)22-19-11-15-5-1-2-6-16(15)12-19/h1-3,5-8,13,19-20,22,24H,4,9-12,14H2/t20-/m1/s1. The van der Waals surface area contributed by atoms with Crippen LogP contribution in [-0.2, 0) is 12.8 Å². The Bertz CT molecular complexity index is 749. The Labute approximate surface area is 148 Å².